The number of aryl methyl sites for hydroxylation is 2. The zero-order chi connectivity index (χ0) is 20.0. The lowest BCUT2D eigenvalue weighted by atomic mass is 9.82. The molecule has 0 saturated carbocycles. The second-order valence-electron chi connectivity index (χ2n) is 9.43. The molecule has 0 radical (unpaired) electrons. The van der Waals surface area contributed by atoms with Crippen LogP contribution in [0.2, 0.25) is 5.02 Å². The van der Waals surface area contributed by atoms with Gasteiger partial charge in [0.15, 0.2) is 0 Å². The molecule has 0 aliphatic rings. The van der Waals surface area contributed by atoms with Gasteiger partial charge in [-0.25, -0.2) is 4.98 Å². The number of fused-ring (bicyclic) bond motifs is 1. The van der Waals surface area contributed by atoms with Crippen molar-refractivity contribution in [1.82, 2.24) is 9.38 Å². The fourth-order valence-electron chi connectivity index (χ4n) is 4.17. The van der Waals surface area contributed by atoms with Gasteiger partial charge in [-0.3, -0.25) is 4.40 Å². The predicted molar refractivity (Wildman–Crippen MR) is 117 cm³/mol. The van der Waals surface area contributed by atoms with Crippen LogP contribution in [-0.2, 0) is 0 Å². The summed E-state index contributed by atoms with van der Waals surface area (Å²) in [7, 11) is 0. The molecule has 0 aliphatic heterocycles. The number of nitrogens with zero attached hydrogens (tertiary/aromatic N) is 2. The lowest BCUT2D eigenvalue weighted by molar-refractivity contribution is 0.302. The van der Waals surface area contributed by atoms with Gasteiger partial charge in [0.1, 0.15) is 17.2 Å². The van der Waals surface area contributed by atoms with Crippen molar-refractivity contribution in [2.45, 2.75) is 60.4 Å². The second-order valence-corrected chi connectivity index (χ2v) is 9.87. The third-order valence-electron chi connectivity index (χ3n) is 4.58. The van der Waals surface area contributed by atoms with Crippen LogP contribution in [0.15, 0.2) is 36.4 Å². The highest BCUT2D eigenvalue weighted by Gasteiger charge is 2.28. The molecule has 3 nitrogen and oxygen atoms in total. The Morgan fingerprint density at radius 1 is 1.04 bits per heavy atom. The number of nitrogens with one attached hydrogen (secondary N) is 1. The zero-order valence-corrected chi connectivity index (χ0v) is 18.2. The normalized spacial score (nSPS) is 12.6. The van der Waals surface area contributed by atoms with Crippen LogP contribution in [0.4, 0.5) is 5.82 Å². The first-order valence-corrected chi connectivity index (χ1v) is 9.87. The smallest absolute Gasteiger partial charge is 0.139 e. The van der Waals surface area contributed by atoms with Gasteiger partial charge in [0.2, 0.25) is 0 Å². The number of rotatable bonds is 4. The highest BCUT2D eigenvalue weighted by atomic mass is 35.5. The van der Waals surface area contributed by atoms with E-state index in [2.05, 4.69) is 76.4 Å². The topological polar surface area (TPSA) is 29.3 Å². The van der Waals surface area contributed by atoms with Crippen molar-refractivity contribution in [2.75, 3.05) is 5.32 Å². The van der Waals surface area contributed by atoms with E-state index in [1.807, 2.05) is 18.2 Å². The Kier molecular flexibility index (Phi) is 5.02. The third-order valence-corrected chi connectivity index (χ3v) is 4.81. The van der Waals surface area contributed by atoms with Gasteiger partial charge in [-0.05, 0) is 69.4 Å². The first-order chi connectivity index (χ1) is 12.5. The average molecular weight is 384 g/mol. The van der Waals surface area contributed by atoms with Crippen LogP contribution in [0.3, 0.4) is 0 Å². The SMILES string of the molecule is Cc1cc(C)n2c(NC(C)(C)CC(C)(C)C)c(-c3cccc(Cl)c3)nc2c1. The molecule has 0 amide bonds. The van der Waals surface area contributed by atoms with E-state index < -0.39 is 0 Å². The molecule has 1 aromatic carbocycles. The standard InChI is InChI=1S/C23H30ClN3/c1-15-11-16(2)27-19(12-15)25-20(17-9-8-10-18(24)13-17)21(27)26-23(6,7)14-22(3,4)5/h8-13,26H,14H2,1-7H3. The minimum atomic E-state index is -0.0845. The third kappa shape index (κ3) is 4.47. The minimum Gasteiger partial charge on any atom is -0.364 e. The molecule has 0 fully saturated rings. The fraction of sp³-hybridized carbons (Fsp3) is 0.435. The van der Waals surface area contributed by atoms with Crippen LogP contribution in [-0.4, -0.2) is 14.9 Å². The van der Waals surface area contributed by atoms with Crippen molar-refractivity contribution in [2.24, 2.45) is 5.41 Å². The Morgan fingerprint density at radius 3 is 2.37 bits per heavy atom. The van der Waals surface area contributed by atoms with E-state index in [0.29, 0.717) is 0 Å². The van der Waals surface area contributed by atoms with E-state index in [9.17, 15) is 0 Å². The maximum atomic E-state index is 6.27. The number of halogens is 1. The number of anilines is 1. The molecule has 0 spiro atoms. The van der Waals surface area contributed by atoms with Crippen molar-refractivity contribution in [1.29, 1.82) is 0 Å². The van der Waals surface area contributed by atoms with Gasteiger partial charge in [0.05, 0.1) is 0 Å². The van der Waals surface area contributed by atoms with Crippen LogP contribution in [0.1, 0.15) is 52.3 Å². The van der Waals surface area contributed by atoms with Crippen LogP contribution in [0.25, 0.3) is 16.9 Å². The average Bonchev–Trinajstić information content (AvgIpc) is 2.82. The van der Waals surface area contributed by atoms with Gasteiger partial charge >= 0.3 is 0 Å². The Hall–Kier alpha value is -2.00. The summed E-state index contributed by atoms with van der Waals surface area (Å²) in [5.41, 5.74) is 5.43. The first-order valence-electron chi connectivity index (χ1n) is 9.49. The van der Waals surface area contributed by atoms with E-state index in [0.717, 1.165) is 34.2 Å². The van der Waals surface area contributed by atoms with Crippen LogP contribution >= 0.6 is 11.6 Å². The van der Waals surface area contributed by atoms with Crippen LogP contribution in [0, 0.1) is 19.3 Å². The van der Waals surface area contributed by atoms with Gasteiger partial charge in [-0.2, -0.15) is 0 Å². The first kappa shape index (κ1) is 19.8. The molecular formula is C23H30ClN3. The summed E-state index contributed by atoms with van der Waals surface area (Å²) in [6.07, 6.45) is 1.03. The minimum absolute atomic E-state index is 0.0845. The van der Waals surface area contributed by atoms with E-state index in [-0.39, 0.29) is 11.0 Å². The highest BCUT2D eigenvalue weighted by Crippen LogP contribution is 2.36. The molecule has 2 aromatic heterocycles. The maximum absolute atomic E-state index is 6.27. The number of imidazole rings is 1. The van der Waals surface area contributed by atoms with Crippen molar-refractivity contribution in [3.8, 4) is 11.3 Å². The van der Waals surface area contributed by atoms with Crippen molar-refractivity contribution < 1.29 is 0 Å². The van der Waals surface area contributed by atoms with Crippen LogP contribution < -0.4 is 5.32 Å². The number of pyridine rings is 1. The number of hydrogen-bond donors (Lipinski definition) is 1. The summed E-state index contributed by atoms with van der Waals surface area (Å²) >= 11 is 6.27. The molecule has 1 N–H and O–H groups in total. The maximum Gasteiger partial charge on any atom is 0.139 e. The number of hydrogen-bond acceptors (Lipinski definition) is 2. The van der Waals surface area contributed by atoms with Gasteiger partial charge < -0.3 is 5.32 Å². The van der Waals surface area contributed by atoms with Crippen molar-refractivity contribution >= 4 is 23.1 Å². The van der Waals surface area contributed by atoms with Crippen LogP contribution in [0.5, 0.6) is 0 Å². The molecule has 3 aromatic rings. The zero-order valence-electron chi connectivity index (χ0n) is 17.4. The molecule has 0 atom stereocenters. The highest BCUT2D eigenvalue weighted by molar-refractivity contribution is 6.30. The Balaban J connectivity index is 2.20. The summed E-state index contributed by atoms with van der Waals surface area (Å²) in [6, 6.07) is 12.2. The molecule has 0 bridgehead atoms. The van der Waals surface area contributed by atoms with Crippen molar-refractivity contribution in [3.63, 3.8) is 0 Å². The largest absolute Gasteiger partial charge is 0.364 e. The summed E-state index contributed by atoms with van der Waals surface area (Å²) in [6.45, 7) is 15.6. The van der Waals surface area contributed by atoms with Gasteiger partial charge in [-0.1, -0.05) is 44.5 Å². The molecule has 144 valence electrons. The molecule has 4 heteroatoms. The molecule has 2 heterocycles. The quantitative estimate of drug-likeness (QED) is 0.531. The van der Waals surface area contributed by atoms with E-state index >= 15 is 0 Å². The molecule has 3 rings (SSSR count). The van der Waals surface area contributed by atoms with E-state index in [1.165, 1.54) is 11.3 Å². The predicted octanol–water partition coefficient (Wildman–Crippen LogP) is 6.90. The Bertz CT molecular complexity index is 977. The molecular weight excluding hydrogens is 354 g/mol. The summed E-state index contributed by atoms with van der Waals surface area (Å²) < 4.78 is 2.22. The summed E-state index contributed by atoms with van der Waals surface area (Å²) in [5, 5.41) is 4.52. The molecule has 0 aliphatic carbocycles. The summed E-state index contributed by atoms with van der Waals surface area (Å²) in [4.78, 5) is 4.97. The van der Waals surface area contributed by atoms with E-state index in [4.69, 9.17) is 16.6 Å². The number of aromatic nitrogens is 2. The van der Waals surface area contributed by atoms with Gasteiger partial charge in [0.25, 0.3) is 0 Å². The Morgan fingerprint density at radius 2 is 1.74 bits per heavy atom. The lowest BCUT2D eigenvalue weighted by Crippen LogP contribution is -2.36. The van der Waals surface area contributed by atoms with Gasteiger partial charge in [-0.15, -0.1) is 0 Å². The number of benzene rings is 1. The van der Waals surface area contributed by atoms with E-state index in [1.54, 1.807) is 0 Å². The monoisotopic (exact) mass is 383 g/mol. The lowest BCUT2D eigenvalue weighted by Gasteiger charge is -2.34. The molecule has 0 saturated heterocycles. The fourth-order valence-corrected chi connectivity index (χ4v) is 4.36. The van der Waals surface area contributed by atoms with Gasteiger partial charge in [0, 0.05) is 21.8 Å². The van der Waals surface area contributed by atoms with Crippen molar-refractivity contribution in [3.05, 3.63) is 52.7 Å². The second kappa shape index (κ2) is 6.87. The summed E-state index contributed by atoms with van der Waals surface area (Å²) in [5.74, 6) is 1.03. The molecule has 0 unspecified atom stereocenters. The molecule has 27 heavy (non-hydrogen) atoms. The Labute approximate surface area is 167 Å².